The quantitative estimate of drug-likeness (QED) is 0.860. The molecule has 0 aliphatic heterocycles. The maximum absolute atomic E-state index is 9.48. The lowest BCUT2D eigenvalue weighted by Crippen LogP contribution is -2.26. The Morgan fingerprint density at radius 3 is 2.75 bits per heavy atom. The molecule has 0 bridgehead atoms. The van der Waals surface area contributed by atoms with Crippen molar-refractivity contribution in [1.82, 2.24) is 0 Å². The molecule has 0 saturated heterocycles. The van der Waals surface area contributed by atoms with Crippen molar-refractivity contribution in [3.63, 3.8) is 0 Å². The third-order valence-corrected chi connectivity index (χ3v) is 4.15. The van der Waals surface area contributed by atoms with Gasteiger partial charge in [0.25, 0.3) is 5.82 Å². The first-order valence-electron chi connectivity index (χ1n) is 7.05. The summed E-state index contributed by atoms with van der Waals surface area (Å²) in [7, 11) is 0. The lowest BCUT2D eigenvalue weighted by Gasteiger charge is -2.23. The Kier molecular flexibility index (Phi) is 3.15. The van der Waals surface area contributed by atoms with E-state index in [-0.39, 0.29) is 0 Å². The highest BCUT2D eigenvalue weighted by Crippen LogP contribution is 2.37. The van der Waals surface area contributed by atoms with Crippen LogP contribution in [0.15, 0.2) is 30.3 Å². The average molecular weight is 264 g/mol. The Bertz CT molecular complexity index is 684. The molecular formula is C17H18N3+. The van der Waals surface area contributed by atoms with Gasteiger partial charge < -0.3 is 0 Å². The molecule has 1 aromatic carbocycles. The molecule has 0 unspecified atom stereocenters. The van der Waals surface area contributed by atoms with E-state index in [1.807, 2.05) is 18.2 Å². The molecule has 0 fully saturated rings. The van der Waals surface area contributed by atoms with Crippen LogP contribution in [0.2, 0.25) is 0 Å². The third-order valence-electron chi connectivity index (χ3n) is 4.15. The van der Waals surface area contributed by atoms with Crippen LogP contribution in [0.25, 0.3) is 11.1 Å². The number of nitriles is 1. The van der Waals surface area contributed by atoms with Crippen molar-refractivity contribution >= 4 is 5.82 Å². The zero-order chi connectivity index (χ0) is 14.1. The van der Waals surface area contributed by atoms with Gasteiger partial charge in [0.2, 0.25) is 0 Å². The summed E-state index contributed by atoms with van der Waals surface area (Å²) in [5.41, 5.74) is 11.2. The molecular weight excluding hydrogens is 246 g/mol. The first-order valence-corrected chi connectivity index (χ1v) is 7.05. The molecule has 1 atom stereocenters. The van der Waals surface area contributed by atoms with Gasteiger partial charge in [-0.1, -0.05) is 37.3 Å². The SMILES string of the molecule is C[C@H]1CCCc2c1[nH+]c(N)c(C#N)c2-c1ccccc1. The van der Waals surface area contributed by atoms with Gasteiger partial charge in [0.05, 0.1) is 0 Å². The van der Waals surface area contributed by atoms with Gasteiger partial charge in [-0.25, -0.2) is 4.98 Å². The Hall–Kier alpha value is -2.34. The van der Waals surface area contributed by atoms with Crippen molar-refractivity contribution in [2.45, 2.75) is 32.1 Å². The van der Waals surface area contributed by atoms with E-state index in [2.05, 4.69) is 30.1 Å². The van der Waals surface area contributed by atoms with Gasteiger partial charge in [-0.3, -0.25) is 5.73 Å². The predicted molar refractivity (Wildman–Crippen MR) is 78.9 cm³/mol. The van der Waals surface area contributed by atoms with E-state index in [4.69, 9.17) is 5.73 Å². The summed E-state index contributed by atoms with van der Waals surface area (Å²) in [5.74, 6) is 0.954. The van der Waals surface area contributed by atoms with Crippen LogP contribution in [0.1, 0.15) is 42.5 Å². The summed E-state index contributed by atoms with van der Waals surface area (Å²) in [6.07, 6.45) is 3.34. The van der Waals surface area contributed by atoms with Crippen LogP contribution in [0.5, 0.6) is 0 Å². The number of aromatic nitrogens is 1. The lowest BCUT2D eigenvalue weighted by molar-refractivity contribution is -0.377. The second-order valence-electron chi connectivity index (χ2n) is 5.45. The number of rotatable bonds is 1. The van der Waals surface area contributed by atoms with Crippen LogP contribution >= 0.6 is 0 Å². The molecule has 3 N–H and O–H groups in total. The van der Waals surface area contributed by atoms with E-state index in [1.165, 1.54) is 17.7 Å². The Morgan fingerprint density at radius 2 is 2.05 bits per heavy atom. The van der Waals surface area contributed by atoms with Crippen molar-refractivity contribution in [2.24, 2.45) is 0 Å². The molecule has 3 heteroatoms. The van der Waals surface area contributed by atoms with Crippen molar-refractivity contribution in [3.8, 4) is 17.2 Å². The van der Waals surface area contributed by atoms with Gasteiger partial charge in [-0.05, 0) is 24.8 Å². The smallest absolute Gasteiger partial charge is 0.286 e. The number of nitrogens with two attached hydrogens (primary N) is 1. The fourth-order valence-electron chi connectivity index (χ4n) is 3.15. The van der Waals surface area contributed by atoms with E-state index in [9.17, 15) is 5.26 Å². The number of anilines is 1. The minimum atomic E-state index is 0.469. The number of nitrogens with zero attached hydrogens (tertiary/aromatic N) is 1. The first-order chi connectivity index (χ1) is 9.72. The molecule has 1 aliphatic rings. The second kappa shape index (κ2) is 4.97. The Balaban J connectivity index is 2.34. The fourth-order valence-corrected chi connectivity index (χ4v) is 3.15. The fraction of sp³-hybridized carbons (Fsp3) is 0.294. The molecule has 0 radical (unpaired) electrons. The molecule has 20 heavy (non-hydrogen) atoms. The van der Waals surface area contributed by atoms with Crippen LogP contribution in [0.3, 0.4) is 0 Å². The number of hydrogen-bond donors (Lipinski definition) is 1. The average Bonchev–Trinajstić information content (AvgIpc) is 2.48. The maximum atomic E-state index is 9.48. The predicted octanol–water partition coefficient (Wildman–Crippen LogP) is 3.06. The minimum Gasteiger partial charge on any atom is -0.286 e. The van der Waals surface area contributed by atoms with Crippen molar-refractivity contribution in [2.75, 3.05) is 5.73 Å². The molecule has 0 amide bonds. The van der Waals surface area contributed by atoms with Gasteiger partial charge in [-0.15, -0.1) is 0 Å². The van der Waals surface area contributed by atoms with E-state index >= 15 is 0 Å². The normalized spacial score (nSPS) is 17.3. The summed E-state index contributed by atoms with van der Waals surface area (Å²) >= 11 is 0. The van der Waals surface area contributed by atoms with Crippen LogP contribution in [0.4, 0.5) is 5.82 Å². The highest BCUT2D eigenvalue weighted by atomic mass is 14.9. The topological polar surface area (TPSA) is 63.9 Å². The van der Waals surface area contributed by atoms with Crippen LogP contribution < -0.4 is 10.7 Å². The largest absolute Gasteiger partial charge is 0.289 e. The highest BCUT2D eigenvalue weighted by molar-refractivity contribution is 5.77. The maximum Gasteiger partial charge on any atom is 0.289 e. The Labute approximate surface area is 119 Å². The van der Waals surface area contributed by atoms with Crippen molar-refractivity contribution in [3.05, 3.63) is 47.2 Å². The number of nitrogen functional groups attached to an aromatic ring is 1. The van der Waals surface area contributed by atoms with Gasteiger partial charge in [0.1, 0.15) is 17.3 Å². The minimum absolute atomic E-state index is 0.469. The summed E-state index contributed by atoms with van der Waals surface area (Å²) < 4.78 is 0. The number of benzene rings is 1. The van der Waals surface area contributed by atoms with E-state index in [0.29, 0.717) is 17.3 Å². The van der Waals surface area contributed by atoms with Crippen LogP contribution in [-0.2, 0) is 6.42 Å². The van der Waals surface area contributed by atoms with Gasteiger partial charge in [-0.2, -0.15) is 5.26 Å². The molecule has 1 aromatic heterocycles. The van der Waals surface area contributed by atoms with E-state index in [1.54, 1.807) is 0 Å². The standard InChI is InChI=1S/C17H17N3/c1-11-6-5-9-13-15(12-7-3-2-4-8-12)14(10-18)17(19)20-16(11)13/h2-4,7-8,11H,5-6,9H2,1H3,(H2,19,20)/p+1/t11-/m0/s1. The number of pyridine rings is 1. The summed E-state index contributed by atoms with van der Waals surface area (Å²) in [5, 5.41) is 9.48. The third kappa shape index (κ3) is 1.94. The second-order valence-corrected chi connectivity index (χ2v) is 5.45. The number of fused-ring (bicyclic) bond motifs is 1. The van der Waals surface area contributed by atoms with E-state index < -0.39 is 0 Å². The first kappa shape index (κ1) is 12.7. The number of aromatic amines is 1. The molecule has 3 rings (SSSR count). The monoisotopic (exact) mass is 264 g/mol. The van der Waals surface area contributed by atoms with Crippen molar-refractivity contribution < 1.29 is 4.98 Å². The van der Waals surface area contributed by atoms with Crippen LogP contribution in [-0.4, -0.2) is 0 Å². The number of H-pyrrole nitrogens is 1. The number of hydrogen-bond acceptors (Lipinski definition) is 2. The lowest BCUT2D eigenvalue weighted by atomic mass is 9.82. The zero-order valence-electron chi connectivity index (χ0n) is 11.6. The summed E-state index contributed by atoms with van der Waals surface area (Å²) in [4.78, 5) is 3.26. The van der Waals surface area contributed by atoms with E-state index in [0.717, 1.165) is 24.0 Å². The molecule has 1 heterocycles. The molecule has 100 valence electrons. The molecule has 1 aliphatic carbocycles. The zero-order valence-corrected chi connectivity index (χ0v) is 11.6. The number of nitrogens with one attached hydrogen (secondary N) is 1. The highest BCUT2D eigenvalue weighted by Gasteiger charge is 2.28. The van der Waals surface area contributed by atoms with Crippen LogP contribution in [0, 0.1) is 11.3 Å². The van der Waals surface area contributed by atoms with Gasteiger partial charge in [0, 0.05) is 17.0 Å². The summed E-state index contributed by atoms with van der Waals surface area (Å²) in [6.45, 7) is 2.22. The summed E-state index contributed by atoms with van der Waals surface area (Å²) in [6, 6.07) is 12.4. The van der Waals surface area contributed by atoms with Gasteiger partial charge >= 0.3 is 0 Å². The van der Waals surface area contributed by atoms with Crippen molar-refractivity contribution in [1.29, 1.82) is 5.26 Å². The molecule has 3 nitrogen and oxygen atoms in total. The molecule has 2 aromatic rings. The Morgan fingerprint density at radius 1 is 1.30 bits per heavy atom. The molecule has 0 spiro atoms. The molecule has 0 saturated carbocycles. The van der Waals surface area contributed by atoms with Gasteiger partial charge in [0.15, 0.2) is 0 Å².